The molecule has 3 rings (SSSR count). The molecule has 4 nitrogen and oxygen atoms in total. The molecule has 4 heteroatoms. The highest BCUT2D eigenvalue weighted by molar-refractivity contribution is 5.76. The molecule has 1 aliphatic carbocycles. The maximum atomic E-state index is 12.3. The van der Waals surface area contributed by atoms with Gasteiger partial charge in [0.25, 0.3) is 0 Å². The van der Waals surface area contributed by atoms with Gasteiger partial charge in [0.05, 0.1) is 0 Å². The Morgan fingerprint density at radius 1 is 1.00 bits per heavy atom. The second-order valence-electron chi connectivity index (χ2n) is 7.95. The molecule has 0 radical (unpaired) electrons. The zero-order valence-electron chi connectivity index (χ0n) is 17.0. The minimum absolute atomic E-state index is 0.0682. The molecule has 1 saturated carbocycles. The number of carbonyl (C=O) groups is 1. The molecule has 2 aromatic rings. The number of benzene rings is 2. The van der Waals surface area contributed by atoms with Crippen molar-refractivity contribution in [1.29, 1.82) is 0 Å². The first-order valence-electron chi connectivity index (χ1n) is 10.5. The van der Waals surface area contributed by atoms with E-state index >= 15 is 0 Å². The molecule has 0 heterocycles. The Balaban J connectivity index is 1.51. The van der Waals surface area contributed by atoms with E-state index < -0.39 is 0 Å². The maximum absolute atomic E-state index is 12.3. The van der Waals surface area contributed by atoms with Gasteiger partial charge in [-0.3, -0.25) is 9.69 Å². The molecule has 0 spiro atoms. The van der Waals surface area contributed by atoms with Gasteiger partial charge < -0.3 is 11.1 Å². The number of rotatable bonds is 8. The standard InChI is InChI=1S/C24H33N3O/c1-27(22-12-3-2-4-13-22)18-21-11-6-5-10-20(21)17-26-24(28)16-15-19-9-7-8-14-23(19)25/h5-11,14,22H,2-4,12-13,15-18,25H2,1H3,(H,26,28). The van der Waals surface area contributed by atoms with Crippen LogP contribution < -0.4 is 11.1 Å². The van der Waals surface area contributed by atoms with Gasteiger partial charge in [0.1, 0.15) is 0 Å². The molecule has 0 bridgehead atoms. The van der Waals surface area contributed by atoms with Gasteiger partial charge in [-0.25, -0.2) is 0 Å². The number of nitrogens with zero attached hydrogens (tertiary/aromatic N) is 1. The second-order valence-corrected chi connectivity index (χ2v) is 7.95. The van der Waals surface area contributed by atoms with E-state index in [2.05, 4.69) is 41.5 Å². The van der Waals surface area contributed by atoms with Gasteiger partial charge in [0.15, 0.2) is 0 Å². The average molecular weight is 380 g/mol. The van der Waals surface area contributed by atoms with Crippen molar-refractivity contribution in [3.8, 4) is 0 Å². The van der Waals surface area contributed by atoms with Gasteiger partial charge in [-0.1, -0.05) is 61.7 Å². The predicted molar refractivity (Wildman–Crippen MR) is 116 cm³/mol. The van der Waals surface area contributed by atoms with Crippen LogP contribution in [0.25, 0.3) is 0 Å². The number of nitrogens with two attached hydrogens (primary N) is 1. The number of hydrogen-bond acceptors (Lipinski definition) is 3. The minimum atomic E-state index is 0.0682. The highest BCUT2D eigenvalue weighted by Crippen LogP contribution is 2.23. The number of anilines is 1. The van der Waals surface area contributed by atoms with Crippen LogP contribution in [0.2, 0.25) is 0 Å². The van der Waals surface area contributed by atoms with Gasteiger partial charge in [-0.05, 0) is 49.1 Å². The Bertz CT molecular complexity index is 768. The van der Waals surface area contributed by atoms with Gasteiger partial charge in [-0.2, -0.15) is 0 Å². The zero-order valence-corrected chi connectivity index (χ0v) is 17.0. The van der Waals surface area contributed by atoms with Gasteiger partial charge in [0, 0.05) is 31.2 Å². The van der Waals surface area contributed by atoms with Crippen molar-refractivity contribution in [3.05, 3.63) is 65.2 Å². The topological polar surface area (TPSA) is 58.4 Å². The van der Waals surface area contributed by atoms with Crippen molar-refractivity contribution in [2.24, 2.45) is 0 Å². The average Bonchev–Trinajstić information content (AvgIpc) is 2.73. The van der Waals surface area contributed by atoms with E-state index in [4.69, 9.17) is 5.73 Å². The molecular weight excluding hydrogens is 346 g/mol. The summed E-state index contributed by atoms with van der Waals surface area (Å²) < 4.78 is 0. The summed E-state index contributed by atoms with van der Waals surface area (Å²) in [5, 5.41) is 3.08. The van der Waals surface area contributed by atoms with Crippen LogP contribution in [0.15, 0.2) is 48.5 Å². The van der Waals surface area contributed by atoms with Crippen LogP contribution in [0.5, 0.6) is 0 Å². The van der Waals surface area contributed by atoms with Crippen LogP contribution in [0.4, 0.5) is 5.69 Å². The van der Waals surface area contributed by atoms with Crippen molar-refractivity contribution in [3.63, 3.8) is 0 Å². The Hall–Kier alpha value is -2.33. The minimum Gasteiger partial charge on any atom is -0.399 e. The Kier molecular flexibility index (Phi) is 7.49. The van der Waals surface area contributed by atoms with E-state index in [0.29, 0.717) is 25.4 Å². The van der Waals surface area contributed by atoms with Crippen molar-refractivity contribution >= 4 is 11.6 Å². The zero-order chi connectivity index (χ0) is 19.8. The first kappa shape index (κ1) is 20.4. The molecule has 0 atom stereocenters. The smallest absolute Gasteiger partial charge is 0.220 e. The molecular formula is C24H33N3O. The Labute approximate surface area is 169 Å². The number of para-hydroxylation sites is 1. The molecule has 0 unspecified atom stereocenters. The monoisotopic (exact) mass is 379 g/mol. The maximum Gasteiger partial charge on any atom is 0.220 e. The molecule has 150 valence electrons. The molecule has 0 aliphatic heterocycles. The predicted octanol–water partition coefficient (Wildman–Crippen LogP) is 4.28. The third kappa shape index (κ3) is 5.83. The third-order valence-corrected chi connectivity index (χ3v) is 5.89. The van der Waals surface area contributed by atoms with Crippen LogP contribution in [0.3, 0.4) is 0 Å². The van der Waals surface area contributed by atoms with Crippen molar-refractivity contribution in [1.82, 2.24) is 10.2 Å². The SMILES string of the molecule is CN(Cc1ccccc1CNC(=O)CCc1ccccc1N)C1CCCCC1. The molecule has 0 saturated heterocycles. The second kappa shape index (κ2) is 10.3. The van der Waals surface area contributed by atoms with E-state index in [-0.39, 0.29) is 5.91 Å². The van der Waals surface area contributed by atoms with Crippen LogP contribution in [0.1, 0.15) is 55.2 Å². The van der Waals surface area contributed by atoms with Gasteiger partial charge in [0.2, 0.25) is 5.91 Å². The summed E-state index contributed by atoms with van der Waals surface area (Å²) >= 11 is 0. The summed E-state index contributed by atoms with van der Waals surface area (Å²) in [7, 11) is 2.23. The Morgan fingerprint density at radius 3 is 2.36 bits per heavy atom. The van der Waals surface area contributed by atoms with Gasteiger partial charge >= 0.3 is 0 Å². The molecule has 1 fully saturated rings. The summed E-state index contributed by atoms with van der Waals surface area (Å²) in [4.78, 5) is 14.8. The lowest BCUT2D eigenvalue weighted by molar-refractivity contribution is -0.121. The molecule has 28 heavy (non-hydrogen) atoms. The van der Waals surface area contributed by atoms with Crippen LogP contribution in [0, 0.1) is 0 Å². The Morgan fingerprint density at radius 2 is 1.64 bits per heavy atom. The number of hydrogen-bond donors (Lipinski definition) is 2. The first-order valence-corrected chi connectivity index (χ1v) is 10.5. The van der Waals surface area contributed by atoms with Crippen molar-refractivity contribution in [2.45, 2.75) is 64.1 Å². The number of nitrogens with one attached hydrogen (secondary N) is 1. The normalized spacial score (nSPS) is 14.9. The third-order valence-electron chi connectivity index (χ3n) is 5.89. The van der Waals surface area contributed by atoms with E-state index in [1.807, 2.05) is 24.3 Å². The summed E-state index contributed by atoms with van der Waals surface area (Å²) in [5.41, 5.74) is 10.3. The number of nitrogen functional groups attached to an aromatic ring is 1. The van der Waals surface area contributed by atoms with Crippen molar-refractivity contribution in [2.75, 3.05) is 12.8 Å². The van der Waals surface area contributed by atoms with Crippen LogP contribution in [-0.4, -0.2) is 23.9 Å². The van der Waals surface area contributed by atoms with Crippen molar-refractivity contribution < 1.29 is 4.79 Å². The largest absolute Gasteiger partial charge is 0.399 e. The first-order chi connectivity index (χ1) is 13.6. The van der Waals surface area contributed by atoms with Crippen LogP contribution in [-0.2, 0) is 24.3 Å². The van der Waals surface area contributed by atoms with E-state index in [1.165, 1.54) is 43.2 Å². The quantitative estimate of drug-likeness (QED) is 0.673. The summed E-state index contributed by atoms with van der Waals surface area (Å²) in [6, 6.07) is 16.9. The molecule has 2 aromatic carbocycles. The highest BCUT2D eigenvalue weighted by atomic mass is 16.1. The van der Waals surface area contributed by atoms with E-state index in [0.717, 1.165) is 17.8 Å². The molecule has 1 amide bonds. The fourth-order valence-corrected chi connectivity index (χ4v) is 4.10. The number of amides is 1. The number of aryl methyl sites for hydroxylation is 1. The summed E-state index contributed by atoms with van der Waals surface area (Å²) in [6.45, 7) is 1.52. The lowest BCUT2D eigenvalue weighted by atomic mass is 9.94. The molecule has 1 aliphatic rings. The fourth-order valence-electron chi connectivity index (χ4n) is 4.10. The fraction of sp³-hybridized carbons (Fsp3) is 0.458. The summed E-state index contributed by atoms with van der Waals surface area (Å²) in [5.74, 6) is 0.0682. The highest BCUT2D eigenvalue weighted by Gasteiger charge is 2.18. The van der Waals surface area contributed by atoms with E-state index in [9.17, 15) is 4.79 Å². The lowest BCUT2D eigenvalue weighted by Crippen LogP contribution is -2.33. The molecule has 3 N–H and O–H groups in total. The number of carbonyl (C=O) groups excluding carboxylic acids is 1. The van der Waals surface area contributed by atoms with Gasteiger partial charge in [-0.15, -0.1) is 0 Å². The van der Waals surface area contributed by atoms with E-state index in [1.54, 1.807) is 0 Å². The lowest BCUT2D eigenvalue weighted by Gasteiger charge is -2.31. The van der Waals surface area contributed by atoms with Crippen LogP contribution >= 0.6 is 0 Å². The molecule has 0 aromatic heterocycles. The summed E-state index contributed by atoms with van der Waals surface area (Å²) in [6.07, 6.45) is 7.80.